The maximum Gasteiger partial charge on any atom is 0.303 e. The summed E-state index contributed by atoms with van der Waals surface area (Å²) < 4.78 is 0. The monoisotopic (exact) mass is 184 g/mol. The van der Waals surface area contributed by atoms with Gasteiger partial charge in [-0.25, -0.2) is 0 Å². The number of thiophene rings is 1. The minimum atomic E-state index is -0.724. The summed E-state index contributed by atoms with van der Waals surface area (Å²) in [6.07, 6.45) is 0.891. The molecule has 1 N–H and O–H groups in total. The van der Waals surface area contributed by atoms with Crippen LogP contribution in [0.5, 0.6) is 0 Å². The van der Waals surface area contributed by atoms with Crippen molar-refractivity contribution < 1.29 is 9.90 Å². The lowest BCUT2D eigenvalue weighted by atomic mass is 10.1. The summed E-state index contributed by atoms with van der Waals surface area (Å²) in [5, 5.41) is 10.5. The van der Waals surface area contributed by atoms with Crippen molar-refractivity contribution in [2.24, 2.45) is 0 Å². The summed E-state index contributed by atoms with van der Waals surface area (Å²) in [6.45, 7) is 4.10. The zero-order chi connectivity index (χ0) is 9.14. The summed E-state index contributed by atoms with van der Waals surface area (Å²) >= 11 is 1.69. The molecule has 12 heavy (non-hydrogen) atoms. The Kier molecular flexibility index (Phi) is 2.87. The molecule has 0 spiro atoms. The summed E-state index contributed by atoms with van der Waals surface area (Å²) in [6, 6.07) is 0. The highest BCUT2D eigenvalue weighted by Gasteiger charge is 2.05. The van der Waals surface area contributed by atoms with Crippen LogP contribution in [-0.4, -0.2) is 11.1 Å². The van der Waals surface area contributed by atoms with Crippen molar-refractivity contribution in [1.82, 2.24) is 0 Å². The molecule has 0 bridgehead atoms. The molecule has 1 aromatic rings. The van der Waals surface area contributed by atoms with Gasteiger partial charge in [0.05, 0.1) is 0 Å². The van der Waals surface area contributed by atoms with Gasteiger partial charge in [-0.1, -0.05) is 0 Å². The van der Waals surface area contributed by atoms with Crippen LogP contribution in [0.25, 0.3) is 0 Å². The van der Waals surface area contributed by atoms with Gasteiger partial charge in [0.15, 0.2) is 0 Å². The van der Waals surface area contributed by atoms with Gasteiger partial charge in [-0.2, -0.15) is 0 Å². The van der Waals surface area contributed by atoms with Gasteiger partial charge >= 0.3 is 5.97 Å². The van der Waals surface area contributed by atoms with E-state index in [0.29, 0.717) is 6.42 Å². The van der Waals surface area contributed by atoms with Gasteiger partial charge in [0.1, 0.15) is 0 Å². The molecule has 0 saturated carbocycles. The SMILES string of the molecule is Cc1scc(CCC(=O)O)c1C. The van der Waals surface area contributed by atoms with Crippen LogP contribution in [0.15, 0.2) is 5.38 Å². The first-order chi connectivity index (χ1) is 5.61. The summed E-state index contributed by atoms with van der Waals surface area (Å²) in [5.74, 6) is -0.724. The molecule has 0 aromatic carbocycles. The average Bonchev–Trinajstić information content (AvgIpc) is 2.30. The van der Waals surface area contributed by atoms with Crippen LogP contribution < -0.4 is 0 Å². The van der Waals surface area contributed by atoms with Gasteiger partial charge in [0.25, 0.3) is 0 Å². The molecule has 1 aromatic heterocycles. The predicted molar refractivity (Wildman–Crippen MR) is 49.7 cm³/mol. The molecule has 0 saturated heterocycles. The molecule has 0 atom stereocenters. The molecule has 0 radical (unpaired) electrons. The highest BCUT2D eigenvalue weighted by molar-refractivity contribution is 7.10. The molecule has 0 unspecified atom stereocenters. The quantitative estimate of drug-likeness (QED) is 0.783. The highest BCUT2D eigenvalue weighted by atomic mass is 32.1. The van der Waals surface area contributed by atoms with Crippen molar-refractivity contribution in [3.63, 3.8) is 0 Å². The third-order valence-corrected chi connectivity index (χ3v) is 3.06. The van der Waals surface area contributed by atoms with Gasteiger partial charge in [-0.15, -0.1) is 11.3 Å². The van der Waals surface area contributed by atoms with Crippen LogP contribution in [0.1, 0.15) is 22.4 Å². The summed E-state index contributed by atoms with van der Waals surface area (Å²) in [4.78, 5) is 11.6. The predicted octanol–water partition coefficient (Wildman–Crippen LogP) is 2.38. The molecule has 0 aliphatic heterocycles. The first kappa shape index (κ1) is 9.26. The number of carboxylic acids is 1. The lowest BCUT2D eigenvalue weighted by Gasteiger charge is -1.96. The Morgan fingerprint density at radius 3 is 2.67 bits per heavy atom. The first-order valence-corrected chi connectivity index (χ1v) is 4.74. The number of hydrogen-bond donors (Lipinski definition) is 1. The van der Waals surface area contributed by atoms with E-state index in [4.69, 9.17) is 5.11 Å². The average molecular weight is 184 g/mol. The molecule has 0 fully saturated rings. The minimum Gasteiger partial charge on any atom is -0.481 e. The summed E-state index contributed by atoms with van der Waals surface area (Å²) in [7, 11) is 0. The number of aliphatic carboxylic acids is 1. The molecule has 2 nitrogen and oxygen atoms in total. The lowest BCUT2D eigenvalue weighted by Crippen LogP contribution is -1.97. The van der Waals surface area contributed by atoms with Crippen LogP contribution >= 0.6 is 11.3 Å². The van der Waals surface area contributed by atoms with Crippen LogP contribution in [-0.2, 0) is 11.2 Å². The number of aryl methyl sites for hydroxylation is 2. The van der Waals surface area contributed by atoms with Gasteiger partial charge < -0.3 is 5.11 Å². The van der Waals surface area contributed by atoms with E-state index in [2.05, 4.69) is 6.92 Å². The minimum absolute atomic E-state index is 0.233. The number of carboxylic acid groups (broad SMARTS) is 1. The normalized spacial score (nSPS) is 10.2. The Balaban J connectivity index is 2.63. The molecule has 1 heterocycles. The van der Waals surface area contributed by atoms with E-state index in [-0.39, 0.29) is 6.42 Å². The van der Waals surface area contributed by atoms with Crippen molar-refractivity contribution >= 4 is 17.3 Å². The largest absolute Gasteiger partial charge is 0.481 e. The van der Waals surface area contributed by atoms with Crippen molar-refractivity contribution in [1.29, 1.82) is 0 Å². The fourth-order valence-electron chi connectivity index (χ4n) is 1.05. The van der Waals surface area contributed by atoms with E-state index < -0.39 is 5.97 Å². The topological polar surface area (TPSA) is 37.3 Å². The number of carbonyl (C=O) groups is 1. The van der Waals surface area contributed by atoms with Gasteiger partial charge in [0.2, 0.25) is 0 Å². The maximum absolute atomic E-state index is 10.3. The molecule has 0 aliphatic carbocycles. The Hall–Kier alpha value is -0.830. The molecular weight excluding hydrogens is 172 g/mol. The van der Waals surface area contributed by atoms with E-state index in [1.807, 2.05) is 12.3 Å². The van der Waals surface area contributed by atoms with E-state index in [1.54, 1.807) is 11.3 Å². The van der Waals surface area contributed by atoms with Crippen molar-refractivity contribution in [2.45, 2.75) is 26.7 Å². The van der Waals surface area contributed by atoms with Crippen LogP contribution in [0, 0.1) is 13.8 Å². The van der Waals surface area contributed by atoms with E-state index in [9.17, 15) is 4.79 Å². The van der Waals surface area contributed by atoms with Crippen LogP contribution in [0.4, 0.5) is 0 Å². The van der Waals surface area contributed by atoms with Crippen LogP contribution in [0.3, 0.4) is 0 Å². The highest BCUT2D eigenvalue weighted by Crippen LogP contribution is 2.21. The van der Waals surface area contributed by atoms with Gasteiger partial charge in [0, 0.05) is 11.3 Å². The summed E-state index contributed by atoms with van der Waals surface area (Å²) in [5.41, 5.74) is 2.43. The van der Waals surface area contributed by atoms with Crippen molar-refractivity contribution in [2.75, 3.05) is 0 Å². The molecule has 3 heteroatoms. The second kappa shape index (κ2) is 3.72. The van der Waals surface area contributed by atoms with E-state index >= 15 is 0 Å². The molecule has 0 amide bonds. The lowest BCUT2D eigenvalue weighted by molar-refractivity contribution is -0.136. The third kappa shape index (κ3) is 2.08. The fraction of sp³-hybridized carbons (Fsp3) is 0.444. The smallest absolute Gasteiger partial charge is 0.303 e. The van der Waals surface area contributed by atoms with E-state index in [0.717, 1.165) is 0 Å². The van der Waals surface area contributed by atoms with Gasteiger partial charge in [-0.3, -0.25) is 4.79 Å². The molecular formula is C9H12O2S. The first-order valence-electron chi connectivity index (χ1n) is 3.86. The van der Waals surface area contributed by atoms with Crippen molar-refractivity contribution in [3.05, 3.63) is 21.4 Å². The number of hydrogen-bond acceptors (Lipinski definition) is 2. The van der Waals surface area contributed by atoms with Crippen molar-refractivity contribution in [3.8, 4) is 0 Å². The Labute approximate surface area is 75.9 Å². The maximum atomic E-state index is 10.3. The molecule has 66 valence electrons. The Bertz CT molecular complexity index is 289. The zero-order valence-corrected chi connectivity index (χ0v) is 8.07. The standard InChI is InChI=1S/C9H12O2S/c1-6-7(2)12-5-8(6)3-4-9(10)11/h5H,3-4H2,1-2H3,(H,10,11). The zero-order valence-electron chi connectivity index (χ0n) is 7.26. The van der Waals surface area contributed by atoms with Gasteiger partial charge in [-0.05, 0) is 36.8 Å². The number of rotatable bonds is 3. The Morgan fingerprint density at radius 2 is 2.25 bits per heavy atom. The third-order valence-electron chi connectivity index (χ3n) is 2.00. The molecule has 1 rings (SSSR count). The van der Waals surface area contributed by atoms with Crippen LogP contribution in [0.2, 0.25) is 0 Å². The Morgan fingerprint density at radius 1 is 1.58 bits per heavy atom. The second-order valence-electron chi connectivity index (χ2n) is 2.84. The van der Waals surface area contributed by atoms with E-state index in [1.165, 1.54) is 16.0 Å². The molecule has 0 aliphatic rings. The second-order valence-corrected chi connectivity index (χ2v) is 3.92. The fourth-order valence-corrected chi connectivity index (χ4v) is 1.97.